The first-order valence-electron chi connectivity index (χ1n) is 5.51. The number of carbonyl (C=O) groups is 2. The predicted molar refractivity (Wildman–Crippen MR) is 71.9 cm³/mol. The highest BCUT2D eigenvalue weighted by Gasteiger charge is 2.16. The summed E-state index contributed by atoms with van der Waals surface area (Å²) in [4.78, 5) is 22.0. The molecule has 0 aliphatic heterocycles. The van der Waals surface area contributed by atoms with E-state index in [0.717, 1.165) is 0 Å². The zero-order chi connectivity index (χ0) is 14.7. The lowest BCUT2D eigenvalue weighted by Crippen LogP contribution is -2.07. The second-order valence-corrected chi connectivity index (χ2v) is 4.31. The zero-order valence-corrected chi connectivity index (χ0v) is 10.8. The van der Waals surface area contributed by atoms with Gasteiger partial charge < -0.3 is 14.9 Å². The maximum atomic E-state index is 11.0. The fraction of sp³-hybridized carbons (Fsp3) is 0. The predicted octanol–water partition coefficient (Wildman–Crippen LogP) is 3.53. The van der Waals surface area contributed by atoms with Crippen LogP contribution in [0.3, 0.4) is 0 Å². The lowest BCUT2D eigenvalue weighted by atomic mass is 10.1. The Bertz CT molecular complexity index is 664. The van der Waals surface area contributed by atoms with Gasteiger partial charge in [-0.3, -0.25) is 0 Å². The molecule has 2 aromatic rings. The van der Waals surface area contributed by atoms with Gasteiger partial charge in [0.15, 0.2) is 0 Å². The molecule has 5 nitrogen and oxygen atoms in total. The minimum Gasteiger partial charge on any atom is -0.478 e. The summed E-state index contributed by atoms with van der Waals surface area (Å²) in [5.41, 5.74) is -0.620. The van der Waals surface area contributed by atoms with Gasteiger partial charge in [-0.1, -0.05) is 11.6 Å². The van der Waals surface area contributed by atoms with Crippen molar-refractivity contribution < 1.29 is 24.5 Å². The largest absolute Gasteiger partial charge is 0.478 e. The lowest BCUT2D eigenvalue weighted by molar-refractivity contribution is 0.0651. The van der Waals surface area contributed by atoms with Crippen LogP contribution in [0.1, 0.15) is 20.7 Å². The Labute approximate surface area is 119 Å². The van der Waals surface area contributed by atoms with Crippen LogP contribution in [0.4, 0.5) is 0 Å². The fourth-order valence-electron chi connectivity index (χ4n) is 1.59. The molecule has 2 rings (SSSR count). The molecule has 0 unspecified atom stereocenters. The van der Waals surface area contributed by atoms with Crippen LogP contribution in [-0.2, 0) is 0 Å². The topological polar surface area (TPSA) is 83.8 Å². The van der Waals surface area contributed by atoms with Gasteiger partial charge in [0.05, 0.1) is 11.1 Å². The standard InChI is InChI=1S/C14H9ClO5/c15-8-1-3-9(4-2-8)20-10-5-6-11(13(16)17)12(7-10)14(18)19/h1-7H,(H,16,17)(H,18,19). The Morgan fingerprint density at radius 2 is 1.40 bits per heavy atom. The molecule has 0 fully saturated rings. The molecular weight excluding hydrogens is 284 g/mol. The van der Waals surface area contributed by atoms with E-state index < -0.39 is 11.9 Å². The molecule has 20 heavy (non-hydrogen) atoms. The average Bonchev–Trinajstić information content (AvgIpc) is 2.41. The SMILES string of the molecule is O=C(O)c1ccc(Oc2ccc(Cl)cc2)cc1C(=O)O. The van der Waals surface area contributed by atoms with E-state index in [1.54, 1.807) is 24.3 Å². The Morgan fingerprint density at radius 1 is 0.850 bits per heavy atom. The van der Waals surface area contributed by atoms with E-state index in [9.17, 15) is 9.59 Å². The third-order valence-corrected chi connectivity index (χ3v) is 2.75. The van der Waals surface area contributed by atoms with E-state index in [2.05, 4.69) is 0 Å². The Kier molecular flexibility index (Phi) is 3.91. The number of ether oxygens (including phenoxy) is 1. The molecule has 0 saturated carbocycles. The Balaban J connectivity index is 2.34. The number of benzene rings is 2. The number of hydrogen-bond acceptors (Lipinski definition) is 3. The van der Waals surface area contributed by atoms with Crippen LogP contribution in [-0.4, -0.2) is 22.2 Å². The van der Waals surface area contributed by atoms with E-state index in [1.165, 1.54) is 18.2 Å². The van der Waals surface area contributed by atoms with Gasteiger partial charge in [0.25, 0.3) is 0 Å². The summed E-state index contributed by atoms with van der Waals surface area (Å²) in [5, 5.41) is 18.5. The van der Waals surface area contributed by atoms with Crippen LogP contribution in [0.5, 0.6) is 11.5 Å². The Morgan fingerprint density at radius 3 is 1.95 bits per heavy atom. The van der Waals surface area contributed by atoms with Gasteiger partial charge in [-0.25, -0.2) is 9.59 Å². The first kappa shape index (κ1) is 13.9. The second-order valence-electron chi connectivity index (χ2n) is 3.87. The second kappa shape index (κ2) is 5.63. The monoisotopic (exact) mass is 292 g/mol. The van der Waals surface area contributed by atoms with Gasteiger partial charge in [0.2, 0.25) is 0 Å². The molecule has 6 heteroatoms. The van der Waals surface area contributed by atoms with Gasteiger partial charge in [-0.15, -0.1) is 0 Å². The van der Waals surface area contributed by atoms with E-state index in [0.29, 0.717) is 10.8 Å². The lowest BCUT2D eigenvalue weighted by Gasteiger charge is -2.08. The maximum Gasteiger partial charge on any atom is 0.336 e. The first-order valence-corrected chi connectivity index (χ1v) is 5.89. The Hall–Kier alpha value is -2.53. The number of carboxylic acids is 2. The van der Waals surface area contributed by atoms with Gasteiger partial charge in [0.1, 0.15) is 11.5 Å². The average molecular weight is 293 g/mol. The molecule has 102 valence electrons. The van der Waals surface area contributed by atoms with Gasteiger partial charge in [-0.05, 0) is 42.5 Å². The van der Waals surface area contributed by atoms with Crippen molar-refractivity contribution in [3.8, 4) is 11.5 Å². The van der Waals surface area contributed by atoms with Gasteiger partial charge >= 0.3 is 11.9 Å². The molecular formula is C14H9ClO5. The van der Waals surface area contributed by atoms with Crippen LogP contribution >= 0.6 is 11.6 Å². The normalized spacial score (nSPS) is 10.1. The van der Waals surface area contributed by atoms with Crippen LogP contribution < -0.4 is 4.74 Å². The molecule has 0 atom stereocenters. The molecule has 0 aromatic heterocycles. The summed E-state index contributed by atoms with van der Waals surface area (Å²) < 4.78 is 5.44. The number of carboxylic acid groups (broad SMARTS) is 2. The van der Waals surface area contributed by atoms with Gasteiger partial charge in [0, 0.05) is 5.02 Å². The van der Waals surface area contributed by atoms with E-state index in [-0.39, 0.29) is 16.9 Å². The van der Waals surface area contributed by atoms with Crippen LogP contribution in [0, 0.1) is 0 Å². The fourth-order valence-corrected chi connectivity index (χ4v) is 1.71. The molecule has 0 bridgehead atoms. The molecule has 0 amide bonds. The quantitative estimate of drug-likeness (QED) is 0.900. The van der Waals surface area contributed by atoms with Crippen molar-refractivity contribution in [2.24, 2.45) is 0 Å². The van der Waals surface area contributed by atoms with Gasteiger partial charge in [-0.2, -0.15) is 0 Å². The number of hydrogen-bond donors (Lipinski definition) is 2. The van der Waals surface area contributed by atoms with Crippen molar-refractivity contribution in [2.45, 2.75) is 0 Å². The number of rotatable bonds is 4. The van der Waals surface area contributed by atoms with E-state index >= 15 is 0 Å². The molecule has 0 aliphatic carbocycles. The van der Waals surface area contributed by atoms with E-state index in [4.69, 9.17) is 26.6 Å². The summed E-state index contributed by atoms with van der Waals surface area (Å²) in [7, 11) is 0. The summed E-state index contributed by atoms with van der Waals surface area (Å²) in [6.07, 6.45) is 0. The molecule has 0 heterocycles. The summed E-state index contributed by atoms with van der Waals surface area (Å²) >= 11 is 5.74. The van der Waals surface area contributed by atoms with Crippen molar-refractivity contribution in [1.82, 2.24) is 0 Å². The van der Waals surface area contributed by atoms with Crippen molar-refractivity contribution in [1.29, 1.82) is 0 Å². The minimum absolute atomic E-state index is 0.231. The molecule has 0 radical (unpaired) electrons. The van der Waals surface area contributed by atoms with E-state index in [1.807, 2.05) is 0 Å². The summed E-state index contributed by atoms with van der Waals surface area (Å²) in [6, 6.07) is 10.2. The third kappa shape index (κ3) is 3.07. The zero-order valence-electron chi connectivity index (χ0n) is 10.0. The highest BCUT2D eigenvalue weighted by atomic mass is 35.5. The molecule has 2 aromatic carbocycles. The summed E-state index contributed by atoms with van der Waals surface area (Å²) in [5.74, 6) is -1.94. The number of aromatic carboxylic acids is 2. The highest BCUT2D eigenvalue weighted by Crippen LogP contribution is 2.25. The third-order valence-electron chi connectivity index (χ3n) is 2.50. The number of halogens is 1. The summed E-state index contributed by atoms with van der Waals surface area (Å²) in [6.45, 7) is 0. The van der Waals surface area contributed by atoms with Crippen LogP contribution in [0.2, 0.25) is 5.02 Å². The minimum atomic E-state index is -1.33. The first-order chi connectivity index (χ1) is 9.47. The molecule has 0 aliphatic rings. The smallest absolute Gasteiger partial charge is 0.336 e. The molecule has 0 saturated heterocycles. The molecule has 0 spiro atoms. The van der Waals surface area contributed by atoms with Crippen molar-refractivity contribution in [2.75, 3.05) is 0 Å². The van der Waals surface area contributed by atoms with Crippen LogP contribution in [0.15, 0.2) is 42.5 Å². The highest BCUT2D eigenvalue weighted by molar-refractivity contribution is 6.30. The van der Waals surface area contributed by atoms with Crippen molar-refractivity contribution >= 4 is 23.5 Å². The molecule has 2 N–H and O–H groups in total. The van der Waals surface area contributed by atoms with Crippen molar-refractivity contribution in [3.05, 3.63) is 58.6 Å². The maximum absolute atomic E-state index is 11.0. The van der Waals surface area contributed by atoms with Crippen molar-refractivity contribution in [3.63, 3.8) is 0 Å². The van der Waals surface area contributed by atoms with Crippen LogP contribution in [0.25, 0.3) is 0 Å².